The average molecular weight is 301 g/mol. The number of benzene rings is 2. The third kappa shape index (κ3) is 2.69. The number of pyridine rings is 1. The Balaban J connectivity index is 1.92. The summed E-state index contributed by atoms with van der Waals surface area (Å²) in [5.74, 6) is -0.374. The number of nitrogens with zero attached hydrogens (tertiary/aromatic N) is 1. The maximum absolute atomic E-state index is 13.9. The number of halogens is 2. The number of rotatable bonds is 3. The van der Waals surface area contributed by atoms with Gasteiger partial charge in [0.1, 0.15) is 5.82 Å². The number of aromatic nitrogens is 1. The van der Waals surface area contributed by atoms with Crippen molar-refractivity contribution < 1.29 is 4.39 Å². The van der Waals surface area contributed by atoms with E-state index in [0.717, 1.165) is 22.2 Å². The first-order valence-corrected chi connectivity index (χ1v) is 7.05. The van der Waals surface area contributed by atoms with Crippen molar-refractivity contribution in [3.05, 3.63) is 70.6 Å². The third-order valence-electron chi connectivity index (χ3n) is 3.47. The van der Waals surface area contributed by atoms with E-state index in [2.05, 4.69) is 10.3 Å². The van der Waals surface area contributed by atoms with E-state index < -0.39 is 0 Å². The van der Waals surface area contributed by atoms with Gasteiger partial charge in [0.05, 0.1) is 10.5 Å². The van der Waals surface area contributed by atoms with Gasteiger partial charge in [-0.1, -0.05) is 29.8 Å². The van der Waals surface area contributed by atoms with Crippen molar-refractivity contribution in [2.75, 3.05) is 5.32 Å². The molecule has 4 heteroatoms. The second kappa shape index (κ2) is 5.70. The summed E-state index contributed by atoms with van der Waals surface area (Å²) in [7, 11) is 0. The number of fused-ring (bicyclic) bond motifs is 1. The van der Waals surface area contributed by atoms with E-state index in [1.54, 1.807) is 24.4 Å². The van der Waals surface area contributed by atoms with E-state index in [-0.39, 0.29) is 10.8 Å². The van der Waals surface area contributed by atoms with Gasteiger partial charge in [-0.15, -0.1) is 0 Å². The lowest BCUT2D eigenvalue weighted by molar-refractivity contribution is 0.613. The number of anilines is 1. The lowest BCUT2D eigenvalue weighted by Crippen LogP contribution is -2.03. The van der Waals surface area contributed by atoms with Crippen LogP contribution in [0.2, 0.25) is 5.02 Å². The minimum Gasteiger partial charge on any atom is -0.380 e. The molecule has 0 saturated carbocycles. The minimum absolute atomic E-state index is 0.143. The van der Waals surface area contributed by atoms with Gasteiger partial charge in [-0.3, -0.25) is 4.98 Å². The maximum Gasteiger partial charge on any atom is 0.146 e. The third-order valence-corrected chi connectivity index (χ3v) is 3.76. The van der Waals surface area contributed by atoms with Crippen molar-refractivity contribution in [1.82, 2.24) is 4.98 Å². The van der Waals surface area contributed by atoms with E-state index in [1.807, 2.05) is 31.2 Å². The van der Waals surface area contributed by atoms with Crippen LogP contribution in [0.1, 0.15) is 11.1 Å². The lowest BCUT2D eigenvalue weighted by Gasteiger charge is -2.12. The van der Waals surface area contributed by atoms with Gasteiger partial charge < -0.3 is 5.32 Å². The molecule has 0 aliphatic heterocycles. The summed E-state index contributed by atoms with van der Waals surface area (Å²) in [5, 5.41) is 4.43. The molecule has 0 saturated heterocycles. The van der Waals surface area contributed by atoms with Crippen molar-refractivity contribution >= 4 is 28.2 Å². The van der Waals surface area contributed by atoms with E-state index in [0.29, 0.717) is 12.1 Å². The van der Waals surface area contributed by atoms with Crippen LogP contribution in [-0.2, 0) is 6.54 Å². The molecule has 1 N–H and O–H groups in total. The molecule has 0 atom stereocenters. The number of hydrogen-bond acceptors (Lipinski definition) is 2. The molecule has 0 aliphatic rings. The standard InChI is InChI=1S/C17H14ClFN2/c1-11-7-8-15(13-5-3-9-20-17(11)13)21-10-12-4-2-6-14(18)16(12)19/h2-9,21H,10H2,1H3. The maximum atomic E-state index is 13.9. The van der Waals surface area contributed by atoms with Gasteiger partial charge in [0.15, 0.2) is 0 Å². The molecule has 0 fully saturated rings. The highest BCUT2D eigenvalue weighted by Crippen LogP contribution is 2.26. The SMILES string of the molecule is Cc1ccc(NCc2cccc(Cl)c2F)c2cccnc12. The van der Waals surface area contributed by atoms with Crippen LogP contribution in [0, 0.1) is 12.7 Å². The molecule has 0 aliphatic carbocycles. The predicted octanol–water partition coefficient (Wildman–Crippen LogP) is 4.95. The van der Waals surface area contributed by atoms with E-state index in [1.165, 1.54) is 0 Å². The van der Waals surface area contributed by atoms with E-state index in [4.69, 9.17) is 11.6 Å². The van der Waals surface area contributed by atoms with Crippen LogP contribution < -0.4 is 5.32 Å². The van der Waals surface area contributed by atoms with Gasteiger partial charge >= 0.3 is 0 Å². The van der Waals surface area contributed by atoms with Crippen molar-refractivity contribution in [1.29, 1.82) is 0 Å². The molecule has 0 amide bonds. The number of hydrogen-bond donors (Lipinski definition) is 1. The van der Waals surface area contributed by atoms with Gasteiger partial charge in [-0.05, 0) is 36.8 Å². The first kappa shape index (κ1) is 13.8. The molecular weight excluding hydrogens is 287 g/mol. The van der Waals surface area contributed by atoms with Crippen molar-refractivity contribution in [2.45, 2.75) is 13.5 Å². The zero-order valence-corrected chi connectivity index (χ0v) is 12.3. The average Bonchev–Trinajstić information content (AvgIpc) is 2.51. The summed E-state index contributed by atoms with van der Waals surface area (Å²) >= 11 is 5.80. The Bertz CT molecular complexity index is 802. The van der Waals surface area contributed by atoms with Gasteiger partial charge in [0, 0.05) is 29.4 Å². The Kier molecular flexibility index (Phi) is 3.76. The van der Waals surface area contributed by atoms with Crippen LogP contribution in [0.3, 0.4) is 0 Å². The first-order chi connectivity index (χ1) is 10.2. The van der Waals surface area contributed by atoms with Crippen LogP contribution in [0.15, 0.2) is 48.7 Å². The summed E-state index contributed by atoms with van der Waals surface area (Å²) in [6.45, 7) is 2.40. The Labute approximate surface area is 127 Å². The van der Waals surface area contributed by atoms with Crippen LogP contribution in [0.25, 0.3) is 10.9 Å². The van der Waals surface area contributed by atoms with Crippen molar-refractivity contribution in [2.24, 2.45) is 0 Å². The second-order valence-corrected chi connectivity index (χ2v) is 5.30. The van der Waals surface area contributed by atoms with Crippen LogP contribution in [0.5, 0.6) is 0 Å². The van der Waals surface area contributed by atoms with Crippen LogP contribution >= 0.6 is 11.6 Å². The highest BCUT2D eigenvalue weighted by Gasteiger charge is 2.08. The summed E-state index contributed by atoms with van der Waals surface area (Å²) in [6.07, 6.45) is 1.77. The molecule has 0 unspecified atom stereocenters. The summed E-state index contributed by atoms with van der Waals surface area (Å²) < 4.78 is 13.9. The molecule has 21 heavy (non-hydrogen) atoms. The Morgan fingerprint density at radius 2 is 2.00 bits per heavy atom. The molecular formula is C17H14ClFN2. The van der Waals surface area contributed by atoms with Gasteiger partial charge in [0.25, 0.3) is 0 Å². The highest BCUT2D eigenvalue weighted by molar-refractivity contribution is 6.30. The quantitative estimate of drug-likeness (QED) is 0.740. The normalized spacial score (nSPS) is 10.8. The first-order valence-electron chi connectivity index (χ1n) is 6.68. The molecule has 106 valence electrons. The topological polar surface area (TPSA) is 24.9 Å². The number of aryl methyl sites for hydroxylation is 1. The van der Waals surface area contributed by atoms with Crippen LogP contribution in [-0.4, -0.2) is 4.98 Å². The van der Waals surface area contributed by atoms with E-state index >= 15 is 0 Å². The summed E-state index contributed by atoms with van der Waals surface area (Å²) in [6, 6.07) is 12.9. The number of nitrogens with one attached hydrogen (secondary N) is 1. The molecule has 0 radical (unpaired) electrons. The monoisotopic (exact) mass is 300 g/mol. The van der Waals surface area contributed by atoms with Gasteiger partial charge in [-0.25, -0.2) is 4.39 Å². The molecule has 1 aromatic heterocycles. The molecule has 2 aromatic carbocycles. The van der Waals surface area contributed by atoms with E-state index in [9.17, 15) is 4.39 Å². The fourth-order valence-corrected chi connectivity index (χ4v) is 2.54. The Morgan fingerprint density at radius 3 is 2.86 bits per heavy atom. The smallest absolute Gasteiger partial charge is 0.146 e. The minimum atomic E-state index is -0.374. The Morgan fingerprint density at radius 1 is 1.14 bits per heavy atom. The molecule has 3 aromatic rings. The molecule has 0 spiro atoms. The summed E-state index contributed by atoms with van der Waals surface area (Å²) in [4.78, 5) is 4.39. The zero-order chi connectivity index (χ0) is 14.8. The Hall–Kier alpha value is -2.13. The highest BCUT2D eigenvalue weighted by atomic mass is 35.5. The van der Waals surface area contributed by atoms with Gasteiger partial charge in [0.2, 0.25) is 0 Å². The predicted molar refractivity (Wildman–Crippen MR) is 85.2 cm³/mol. The lowest BCUT2D eigenvalue weighted by atomic mass is 10.1. The van der Waals surface area contributed by atoms with Crippen molar-refractivity contribution in [3.8, 4) is 0 Å². The molecule has 3 rings (SSSR count). The largest absolute Gasteiger partial charge is 0.380 e. The summed E-state index contributed by atoms with van der Waals surface area (Å²) in [5.41, 5.74) is 3.54. The van der Waals surface area contributed by atoms with Gasteiger partial charge in [-0.2, -0.15) is 0 Å². The second-order valence-electron chi connectivity index (χ2n) is 4.90. The molecule has 2 nitrogen and oxygen atoms in total. The molecule has 1 heterocycles. The molecule has 0 bridgehead atoms. The fraction of sp³-hybridized carbons (Fsp3) is 0.118. The zero-order valence-electron chi connectivity index (χ0n) is 11.5. The van der Waals surface area contributed by atoms with Crippen molar-refractivity contribution in [3.63, 3.8) is 0 Å². The van der Waals surface area contributed by atoms with Crippen LogP contribution in [0.4, 0.5) is 10.1 Å². The fourth-order valence-electron chi connectivity index (χ4n) is 2.34.